The maximum atomic E-state index is 12.5. The van der Waals surface area contributed by atoms with E-state index in [9.17, 15) is 4.79 Å². The second-order valence-electron chi connectivity index (χ2n) is 5.52. The lowest BCUT2D eigenvalue weighted by Crippen LogP contribution is -2.46. The Morgan fingerprint density at radius 3 is 2.24 bits per heavy atom. The number of nitrogens with two attached hydrogens (primary N) is 1. The molecule has 0 saturated heterocycles. The van der Waals surface area contributed by atoms with Crippen LogP contribution in [0.2, 0.25) is 0 Å². The van der Waals surface area contributed by atoms with Gasteiger partial charge in [-0.25, -0.2) is 0 Å². The lowest BCUT2D eigenvalue weighted by molar-refractivity contribution is -0.140. The zero-order valence-electron chi connectivity index (χ0n) is 11.3. The Labute approximate surface area is 105 Å². The Morgan fingerprint density at radius 1 is 1.29 bits per heavy atom. The summed E-state index contributed by atoms with van der Waals surface area (Å²) < 4.78 is 0. The zero-order chi connectivity index (χ0) is 12.9. The third-order valence-electron chi connectivity index (χ3n) is 3.76. The number of hydrogen-bond donors (Lipinski definition) is 1. The van der Waals surface area contributed by atoms with E-state index in [1.54, 1.807) is 4.90 Å². The number of carbonyl (C=O) groups is 1. The summed E-state index contributed by atoms with van der Waals surface area (Å²) in [5.74, 6) is 0.213. The first-order chi connectivity index (χ1) is 8.02. The van der Waals surface area contributed by atoms with Gasteiger partial charge in [-0.15, -0.1) is 0 Å². The molecule has 0 aliphatic heterocycles. The van der Waals surface area contributed by atoms with E-state index in [-0.39, 0.29) is 11.3 Å². The SMILES string of the molecule is C=C(C)CN(C)C(=O)C1(CN)CCCCCC1. The maximum Gasteiger partial charge on any atom is 0.230 e. The molecule has 1 fully saturated rings. The van der Waals surface area contributed by atoms with Crippen molar-refractivity contribution in [3.63, 3.8) is 0 Å². The first-order valence-electron chi connectivity index (χ1n) is 6.62. The summed E-state index contributed by atoms with van der Waals surface area (Å²) in [6.07, 6.45) is 6.62. The van der Waals surface area contributed by atoms with Gasteiger partial charge in [0.2, 0.25) is 5.91 Å². The van der Waals surface area contributed by atoms with Gasteiger partial charge in [0.1, 0.15) is 0 Å². The molecule has 0 spiro atoms. The molecule has 3 heteroatoms. The summed E-state index contributed by atoms with van der Waals surface area (Å²) in [7, 11) is 1.86. The number of amides is 1. The van der Waals surface area contributed by atoms with Crippen molar-refractivity contribution in [2.45, 2.75) is 45.4 Å². The summed E-state index contributed by atoms with van der Waals surface area (Å²) in [4.78, 5) is 14.3. The molecule has 0 aromatic heterocycles. The Kier molecular flexibility index (Phi) is 5.19. The molecule has 0 aromatic carbocycles. The van der Waals surface area contributed by atoms with E-state index in [1.807, 2.05) is 14.0 Å². The smallest absolute Gasteiger partial charge is 0.230 e. The zero-order valence-corrected chi connectivity index (χ0v) is 11.3. The molecule has 2 N–H and O–H groups in total. The van der Waals surface area contributed by atoms with Gasteiger partial charge in [-0.3, -0.25) is 4.79 Å². The molecule has 98 valence electrons. The lowest BCUT2D eigenvalue weighted by Gasteiger charge is -2.34. The highest BCUT2D eigenvalue weighted by atomic mass is 16.2. The Bertz CT molecular complexity index is 278. The van der Waals surface area contributed by atoms with Crippen molar-refractivity contribution in [2.24, 2.45) is 11.1 Å². The van der Waals surface area contributed by atoms with E-state index in [4.69, 9.17) is 5.73 Å². The van der Waals surface area contributed by atoms with Gasteiger partial charge >= 0.3 is 0 Å². The predicted molar refractivity (Wildman–Crippen MR) is 71.6 cm³/mol. The van der Waals surface area contributed by atoms with Crippen molar-refractivity contribution < 1.29 is 4.79 Å². The molecule has 1 amide bonds. The number of likely N-dealkylation sites (N-methyl/N-ethyl adjacent to an activating group) is 1. The summed E-state index contributed by atoms with van der Waals surface area (Å²) >= 11 is 0. The van der Waals surface area contributed by atoms with E-state index in [0.29, 0.717) is 13.1 Å². The summed E-state index contributed by atoms with van der Waals surface area (Å²) in [6, 6.07) is 0. The molecule has 1 rings (SSSR count). The lowest BCUT2D eigenvalue weighted by atomic mass is 9.79. The molecule has 17 heavy (non-hydrogen) atoms. The fourth-order valence-corrected chi connectivity index (χ4v) is 2.79. The first kappa shape index (κ1) is 14.2. The predicted octanol–water partition coefficient (Wildman–Crippen LogP) is 2.32. The Balaban J connectivity index is 2.76. The highest BCUT2D eigenvalue weighted by molar-refractivity contribution is 5.83. The molecule has 0 bridgehead atoms. The van der Waals surface area contributed by atoms with E-state index in [1.165, 1.54) is 12.8 Å². The van der Waals surface area contributed by atoms with Gasteiger partial charge in [0.15, 0.2) is 0 Å². The molecule has 0 radical (unpaired) electrons. The number of nitrogens with zero attached hydrogens (tertiary/aromatic N) is 1. The van der Waals surface area contributed by atoms with Gasteiger partial charge in [-0.1, -0.05) is 37.8 Å². The molecule has 1 aliphatic carbocycles. The minimum absolute atomic E-state index is 0.213. The van der Waals surface area contributed by atoms with Gasteiger partial charge in [0, 0.05) is 20.1 Å². The molecule has 3 nitrogen and oxygen atoms in total. The monoisotopic (exact) mass is 238 g/mol. The molecule has 1 aliphatic rings. The van der Waals surface area contributed by atoms with Gasteiger partial charge < -0.3 is 10.6 Å². The van der Waals surface area contributed by atoms with Crippen molar-refractivity contribution in [2.75, 3.05) is 20.1 Å². The van der Waals surface area contributed by atoms with E-state index < -0.39 is 0 Å². The van der Waals surface area contributed by atoms with Gasteiger partial charge in [0.05, 0.1) is 5.41 Å². The van der Waals surface area contributed by atoms with Crippen molar-refractivity contribution in [1.29, 1.82) is 0 Å². The number of carbonyl (C=O) groups excluding carboxylic acids is 1. The molecular weight excluding hydrogens is 212 g/mol. The minimum Gasteiger partial charge on any atom is -0.341 e. The van der Waals surface area contributed by atoms with Crippen LogP contribution in [0.4, 0.5) is 0 Å². The Hall–Kier alpha value is -0.830. The minimum atomic E-state index is -0.305. The van der Waals surface area contributed by atoms with Crippen LogP contribution in [0.15, 0.2) is 12.2 Å². The van der Waals surface area contributed by atoms with Crippen LogP contribution in [0.1, 0.15) is 45.4 Å². The quantitative estimate of drug-likeness (QED) is 0.603. The summed E-state index contributed by atoms with van der Waals surface area (Å²) in [5.41, 5.74) is 6.62. The second kappa shape index (κ2) is 6.20. The van der Waals surface area contributed by atoms with E-state index >= 15 is 0 Å². The molecular formula is C14H26N2O. The Morgan fingerprint density at radius 2 is 1.82 bits per heavy atom. The molecule has 1 saturated carbocycles. The topological polar surface area (TPSA) is 46.3 Å². The number of hydrogen-bond acceptors (Lipinski definition) is 2. The van der Waals surface area contributed by atoms with Crippen LogP contribution in [0.5, 0.6) is 0 Å². The third-order valence-corrected chi connectivity index (χ3v) is 3.76. The molecule has 0 atom stereocenters. The van der Waals surface area contributed by atoms with Gasteiger partial charge in [0.25, 0.3) is 0 Å². The highest BCUT2D eigenvalue weighted by Crippen LogP contribution is 2.35. The van der Waals surface area contributed by atoms with Gasteiger partial charge in [-0.05, 0) is 19.8 Å². The van der Waals surface area contributed by atoms with Crippen molar-refractivity contribution >= 4 is 5.91 Å². The summed E-state index contributed by atoms with van der Waals surface area (Å²) in [6.45, 7) is 6.93. The fourth-order valence-electron chi connectivity index (χ4n) is 2.79. The van der Waals surface area contributed by atoms with Crippen LogP contribution < -0.4 is 5.73 Å². The average Bonchev–Trinajstić information content (AvgIpc) is 2.53. The van der Waals surface area contributed by atoms with Crippen molar-refractivity contribution in [1.82, 2.24) is 4.90 Å². The number of rotatable bonds is 4. The average molecular weight is 238 g/mol. The van der Waals surface area contributed by atoms with Crippen molar-refractivity contribution in [3.8, 4) is 0 Å². The maximum absolute atomic E-state index is 12.5. The van der Waals surface area contributed by atoms with Gasteiger partial charge in [-0.2, -0.15) is 0 Å². The van der Waals surface area contributed by atoms with Crippen LogP contribution >= 0.6 is 0 Å². The summed E-state index contributed by atoms with van der Waals surface area (Å²) in [5, 5.41) is 0. The highest BCUT2D eigenvalue weighted by Gasteiger charge is 2.38. The van der Waals surface area contributed by atoms with Crippen molar-refractivity contribution in [3.05, 3.63) is 12.2 Å². The van der Waals surface area contributed by atoms with Crippen LogP contribution in [0, 0.1) is 5.41 Å². The first-order valence-corrected chi connectivity index (χ1v) is 6.62. The van der Waals surface area contributed by atoms with Crippen LogP contribution in [0.3, 0.4) is 0 Å². The second-order valence-corrected chi connectivity index (χ2v) is 5.52. The molecule has 0 aromatic rings. The standard InChI is InChI=1S/C14H26N2O/c1-12(2)10-16(3)13(17)14(11-15)8-6-4-5-7-9-14/h1,4-11,15H2,2-3H3. The fraction of sp³-hybridized carbons (Fsp3) is 0.786. The van der Waals surface area contributed by atoms with E-state index in [0.717, 1.165) is 31.3 Å². The normalized spacial score (nSPS) is 19.5. The van der Waals surface area contributed by atoms with Crippen LogP contribution in [-0.4, -0.2) is 30.9 Å². The molecule has 0 unspecified atom stereocenters. The van der Waals surface area contributed by atoms with Crippen LogP contribution in [-0.2, 0) is 4.79 Å². The molecule has 0 heterocycles. The largest absolute Gasteiger partial charge is 0.341 e. The van der Waals surface area contributed by atoms with E-state index in [2.05, 4.69) is 6.58 Å². The van der Waals surface area contributed by atoms with Crippen LogP contribution in [0.25, 0.3) is 0 Å². The third kappa shape index (κ3) is 3.56.